The van der Waals surface area contributed by atoms with Crippen LogP contribution in [0.25, 0.3) is 0 Å². The van der Waals surface area contributed by atoms with Crippen molar-refractivity contribution in [2.75, 3.05) is 22.3 Å². The van der Waals surface area contributed by atoms with Gasteiger partial charge in [0.25, 0.3) is 0 Å². The molecule has 0 amide bonds. The van der Waals surface area contributed by atoms with Crippen LogP contribution in [0.15, 0.2) is 46.7 Å². The van der Waals surface area contributed by atoms with E-state index < -0.39 is 11.9 Å². The molecule has 3 aliphatic rings. The standard InChI is InChI=1S/C21H21N5O4/c1-11-6-14(7-16(13(11)3)20(27)28)24-21-23-9-12(2)19(25-30-21)26(21)15-4-5-18-17(8-15)22-10-29-18/h4-9,22,24-25H,10H2,1-3H3,(H,27,28). The van der Waals surface area contributed by atoms with Gasteiger partial charge in [0.05, 0.1) is 16.9 Å². The number of benzene rings is 2. The summed E-state index contributed by atoms with van der Waals surface area (Å²) in [6.07, 6.45) is 1.73. The molecule has 1 unspecified atom stereocenters. The van der Waals surface area contributed by atoms with Crippen molar-refractivity contribution in [3.8, 4) is 5.75 Å². The quantitative estimate of drug-likeness (QED) is 0.612. The van der Waals surface area contributed by atoms with Crippen molar-refractivity contribution in [2.24, 2.45) is 4.99 Å². The first-order valence-corrected chi connectivity index (χ1v) is 9.52. The number of ether oxygens (including phenoxy) is 1. The maximum atomic E-state index is 11.7. The first kappa shape index (κ1) is 18.3. The van der Waals surface area contributed by atoms with Crippen LogP contribution in [0.5, 0.6) is 5.75 Å². The van der Waals surface area contributed by atoms with E-state index in [0.717, 1.165) is 39.6 Å². The summed E-state index contributed by atoms with van der Waals surface area (Å²) in [7, 11) is 0. The van der Waals surface area contributed by atoms with Crippen LogP contribution in [0.4, 0.5) is 17.1 Å². The number of carboxylic acids is 1. The van der Waals surface area contributed by atoms with Gasteiger partial charge >= 0.3 is 11.9 Å². The van der Waals surface area contributed by atoms with Crippen LogP contribution in [0.3, 0.4) is 0 Å². The van der Waals surface area contributed by atoms with Crippen LogP contribution in [-0.2, 0) is 4.84 Å². The molecule has 4 N–H and O–H groups in total. The molecular formula is C21H21N5O4. The Balaban J connectivity index is 1.58. The zero-order chi connectivity index (χ0) is 21.0. The lowest BCUT2D eigenvalue weighted by Gasteiger charge is -2.36. The number of anilines is 3. The van der Waals surface area contributed by atoms with Crippen LogP contribution in [0.2, 0.25) is 0 Å². The molecule has 9 nitrogen and oxygen atoms in total. The minimum Gasteiger partial charge on any atom is -0.478 e. The summed E-state index contributed by atoms with van der Waals surface area (Å²) in [6, 6.07) is 9.26. The Morgan fingerprint density at radius 1 is 1.27 bits per heavy atom. The van der Waals surface area contributed by atoms with E-state index >= 15 is 0 Å². The van der Waals surface area contributed by atoms with Gasteiger partial charge in [0.15, 0.2) is 6.73 Å². The van der Waals surface area contributed by atoms with Crippen molar-refractivity contribution >= 4 is 29.2 Å². The Morgan fingerprint density at radius 3 is 2.90 bits per heavy atom. The third-order valence-electron chi connectivity index (χ3n) is 5.54. The average Bonchev–Trinajstić information content (AvgIpc) is 3.29. The highest BCUT2D eigenvalue weighted by Gasteiger charge is 2.49. The van der Waals surface area contributed by atoms with Gasteiger partial charge in [-0.05, 0) is 62.2 Å². The minimum absolute atomic E-state index is 0.233. The predicted molar refractivity (Wildman–Crippen MR) is 113 cm³/mol. The average molecular weight is 407 g/mol. The number of nitrogens with one attached hydrogen (secondary N) is 3. The zero-order valence-electron chi connectivity index (χ0n) is 16.7. The molecule has 9 heteroatoms. The van der Waals surface area contributed by atoms with E-state index in [1.165, 1.54) is 0 Å². The second kappa shape index (κ2) is 6.39. The fraction of sp³-hybridized carbons (Fsp3) is 0.238. The van der Waals surface area contributed by atoms with Gasteiger partial charge in [-0.2, -0.15) is 0 Å². The summed E-state index contributed by atoms with van der Waals surface area (Å²) in [5, 5.41) is 16.0. The molecule has 3 heterocycles. The summed E-state index contributed by atoms with van der Waals surface area (Å²) in [4.78, 5) is 24.1. The molecule has 154 valence electrons. The number of allylic oxidation sites excluding steroid dienone is 1. The first-order valence-electron chi connectivity index (χ1n) is 9.52. The smallest absolute Gasteiger partial charge is 0.351 e. The van der Waals surface area contributed by atoms with Crippen LogP contribution in [-0.4, -0.2) is 30.0 Å². The van der Waals surface area contributed by atoms with Crippen molar-refractivity contribution in [1.29, 1.82) is 0 Å². The van der Waals surface area contributed by atoms with Crippen molar-refractivity contribution in [3.05, 3.63) is 58.4 Å². The minimum atomic E-state index is -1.31. The topological polar surface area (TPSA) is 107 Å². The SMILES string of the molecule is CC1=C2NOC(Nc3cc(C)c(C)c(C(=O)O)c3)(N=C1)N2c1ccc2c(c1)NCO2. The number of hydrogen-bond acceptors (Lipinski definition) is 8. The van der Waals surface area contributed by atoms with E-state index in [0.29, 0.717) is 12.4 Å². The molecule has 2 aromatic rings. The number of nitrogens with zero attached hydrogens (tertiary/aromatic N) is 2. The van der Waals surface area contributed by atoms with E-state index in [4.69, 9.17) is 9.57 Å². The Labute approximate surface area is 173 Å². The Kier molecular flexibility index (Phi) is 3.90. The lowest BCUT2D eigenvalue weighted by atomic mass is 10.0. The van der Waals surface area contributed by atoms with E-state index in [2.05, 4.69) is 21.1 Å². The van der Waals surface area contributed by atoms with Gasteiger partial charge in [0.2, 0.25) is 0 Å². The van der Waals surface area contributed by atoms with Crippen molar-refractivity contribution in [1.82, 2.24) is 5.48 Å². The fourth-order valence-electron chi connectivity index (χ4n) is 3.82. The molecule has 1 fully saturated rings. The van der Waals surface area contributed by atoms with Gasteiger partial charge in [-0.15, -0.1) is 0 Å². The molecule has 1 saturated heterocycles. The van der Waals surface area contributed by atoms with Gasteiger partial charge in [0.1, 0.15) is 11.6 Å². The molecular weight excluding hydrogens is 386 g/mol. The summed E-state index contributed by atoms with van der Waals surface area (Å²) in [5.74, 6) is -0.750. The maximum absolute atomic E-state index is 11.7. The third kappa shape index (κ3) is 2.66. The number of aromatic carboxylic acids is 1. The van der Waals surface area contributed by atoms with E-state index in [1.807, 2.05) is 43.0 Å². The highest BCUT2D eigenvalue weighted by molar-refractivity contribution is 5.91. The van der Waals surface area contributed by atoms with Gasteiger partial charge in [-0.3, -0.25) is 4.90 Å². The van der Waals surface area contributed by atoms with Crippen molar-refractivity contribution in [3.63, 3.8) is 0 Å². The molecule has 5 rings (SSSR count). The molecule has 2 bridgehead atoms. The maximum Gasteiger partial charge on any atom is 0.351 e. The molecule has 3 aliphatic heterocycles. The molecule has 1 atom stereocenters. The molecule has 2 aromatic carbocycles. The lowest BCUT2D eigenvalue weighted by Crippen LogP contribution is -2.51. The number of carboxylic acid groups (broad SMARTS) is 1. The van der Waals surface area contributed by atoms with Crippen LogP contribution in [0.1, 0.15) is 28.4 Å². The second-order valence-corrected chi connectivity index (χ2v) is 7.48. The number of fused-ring (bicyclic) bond motifs is 3. The number of hydrogen-bond donors (Lipinski definition) is 4. The number of carbonyl (C=O) groups is 1. The Morgan fingerprint density at radius 2 is 2.10 bits per heavy atom. The predicted octanol–water partition coefficient (Wildman–Crippen LogP) is 3.14. The van der Waals surface area contributed by atoms with Crippen LogP contribution in [0, 0.1) is 13.8 Å². The number of aliphatic imine (C=N–C) groups is 1. The van der Waals surface area contributed by atoms with Crippen molar-refractivity contribution < 1.29 is 19.5 Å². The molecule has 30 heavy (non-hydrogen) atoms. The van der Waals surface area contributed by atoms with Gasteiger partial charge in [-0.25, -0.2) is 20.1 Å². The summed E-state index contributed by atoms with van der Waals surface area (Å²) in [6.45, 7) is 6.04. The molecule has 0 aromatic heterocycles. The summed E-state index contributed by atoms with van der Waals surface area (Å²) < 4.78 is 5.52. The zero-order valence-corrected chi connectivity index (χ0v) is 16.7. The van der Waals surface area contributed by atoms with Gasteiger partial charge < -0.3 is 20.5 Å². The summed E-state index contributed by atoms with van der Waals surface area (Å²) >= 11 is 0. The van der Waals surface area contributed by atoms with Gasteiger partial charge in [0, 0.05) is 17.5 Å². The third-order valence-corrected chi connectivity index (χ3v) is 5.54. The molecule has 0 saturated carbocycles. The van der Waals surface area contributed by atoms with Crippen LogP contribution < -0.4 is 25.8 Å². The number of hydroxylamine groups is 1. The molecule has 0 spiro atoms. The van der Waals surface area contributed by atoms with E-state index in [-0.39, 0.29) is 5.56 Å². The lowest BCUT2D eigenvalue weighted by molar-refractivity contribution is -0.0214. The number of rotatable bonds is 4. The first-order chi connectivity index (χ1) is 14.4. The monoisotopic (exact) mass is 407 g/mol. The second-order valence-electron chi connectivity index (χ2n) is 7.48. The van der Waals surface area contributed by atoms with Crippen molar-refractivity contribution in [2.45, 2.75) is 26.7 Å². The summed E-state index contributed by atoms with van der Waals surface area (Å²) in [5.41, 5.74) is 7.98. The van der Waals surface area contributed by atoms with Gasteiger partial charge in [-0.1, -0.05) is 0 Å². The highest BCUT2D eigenvalue weighted by Crippen LogP contribution is 2.42. The molecule has 0 aliphatic carbocycles. The largest absolute Gasteiger partial charge is 0.478 e. The van der Waals surface area contributed by atoms with E-state index in [9.17, 15) is 9.90 Å². The fourth-order valence-corrected chi connectivity index (χ4v) is 3.82. The van der Waals surface area contributed by atoms with Crippen LogP contribution >= 0.6 is 0 Å². The molecule has 0 radical (unpaired) electrons. The highest BCUT2D eigenvalue weighted by atomic mass is 16.7. The number of aryl methyl sites for hydroxylation is 1. The Bertz CT molecular complexity index is 1140. The normalized spacial score (nSPS) is 21.1. The Hall–Kier alpha value is -3.72. The van der Waals surface area contributed by atoms with E-state index in [1.54, 1.807) is 19.2 Å².